The average molecular weight is 561 g/mol. The van der Waals surface area contributed by atoms with E-state index >= 15 is 0 Å². The van der Waals surface area contributed by atoms with Crippen molar-refractivity contribution in [3.63, 3.8) is 0 Å². The van der Waals surface area contributed by atoms with Crippen molar-refractivity contribution in [2.24, 2.45) is 0 Å². The standard InChI is InChI=1S/C26H27Cl2FN6O3/c1-15(22-18(27)8-9-19(29)23(22)28)38-20-12-21(32-33-24(20)30)35(14-36)17-6-4-16(5-7-17)25(37)34-11-10-31-26(2,3)13-34/h4-9,12,14-15,31H,10-11,13H2,1-3H3,(H2,30,33)/t15-/m1/s1. The lowest BCUT2D eigenvalue weighted by molar-refractivity contribution is -0.106. The molecule has 0 spiro atoms. The first-order valence-electron chi connectivity index (χ1n) is 11.8. The van der Waals surface area contributed by atoms with Crippen molar-refractivity contribution in [2.75, 3.05) is 30.3 Å². The minimum atomic E-state index is -0.796. The Balaban J connectivity index is 1.55. The first-order valence-corrected chi connectivity index (χ1v) is 12.6. The maximum absolute atomic E-state index is 14.0. The molecule has 1 aromatic heterocycles. The molecule has 0 radical (unpaired) electrons. The molecule has 2 aromatic carbocycles. The predicted molar refractivity (Wildman–Crippen MR) is 145 cm³/mol. The van der Waals surface area contributed by atoms with Crippen molar-refractivity contribution in [3.05, 3.63) is 69.5 Å². The van der Waals surface area contributed by atoms with Crippen LogP contribution in [-0.4, -0.2) is 52.6 Å². The molecule has 12 heteroatoms. The monoisotopic (exact) mass is 560 g/mol. The van der Waals surface area contributed by atoms with Crippen molar-refractivity contribution < 1.29 is 18.7 Å². The Bertz CT molecular complexity index is 1360. The second-order valence-electron chi connectivity index (χ2n) is 9.53. The second-order valence-corrected chi connectivity index (χ2v) is 10.3. The molecule has 1 fully saturated rings. The molecule has 1 atom stereocenters. The zero-order valence-corrected chi connectivity index (χ0v) is 22.6. The quantitative estimate of drug-likeness (QED) is 0.316. The van der Waals surface area contributed by atoms with Crippen LogP contribution in [0.4, 0.5) is 21.7 Å². The summed E-state index contributed by atoms with van der Waals surface area (Å²) in [4.78, 5) is 28.1. The van der Waals surface area contributed by atoms with Gasteiger partial charge in [-0.1, -0.05) is 23.2 Å². The number of anilines is 3. The number of nitrogens with zero attached hydrogens (tertiary/aromatic N) is 4. The Kier molecular flexibility index (Phi) is 8.05. The molecule has 38 heavy (non-hydrogen) atoms. The molecule has 3 aromatic rings. The number of halogens is 3. The number of rotatable bonds is 7. The van der Waals surface area contributed by atoms with E-state index in [9.17, 15) is 14.0 Å². The van der Waals surface area contributed by atoms with E-state index in [0.717, 1.165) is 6.07 Å². The summed E-state index contributed by atoms with van der Waals surface area (Å²) in [6.07, 6.45) is -0.237. The number of benzene rings is 2. The molecule has 0 saturated carbocycles. The van der Waals surface area contributed by atoms with Crippen molar-refractivity contribution in [3.8, 4) is 5.75 Å². The number of hydrogen-bond acceptors (Lipinski definition) is 7. The fourth-order valence-corrected chi connectivity index (χ4v) is 4.94. The van der Waals surface area contributed by atoms with Crippen molar-refractivity contribution in [1.82, 2.24) is 20.4 Å². The molecule has 2 heterocycles. The normalized spacial score (nSPS) is 15.6. The number of nitrogens with one attached hydrogen (secondary N) is 1. The van der Waals surface area contributed by atoms with Gasteiger partial charge in [0.25, 0.3) is 5.91 Å². The first kappa shape index (κ1) is 27.6. The number of aromatic nitrogens is 2. The lowest BCUT2D eigenvalue weighted by Gasteiger charge is -2.39. The summed E-state index contributed by atoms with van der Waals surface area (Å²) < 4.78 is 19.9. The fraction of sp³-hybridized carbons (Fsp3) is 0.308. The highest BCUT2D eigenvalue weighted by Gasteiger charge is 2.29. The first-order chi connectivity index (χ1) is 18.0. The Morgan fingerprint density at radius 3 is 2.61 bits per heavy atom. The molecule has 1 saturated heterocycles. The molecular formula is C26H27Cl2FN6O3. The summed E-state index contributed by atoms with van der Waals surface area (Å²) in [5.41, 5.74) is 6.98. The summed E-state index contributed by atoms with van der Waals surface area (Å²) in [7, 11) is 0. The Morgan fingerprint density at radius 1 is 1.24 bits per heavy atom. The van der Waals surface area contributed by atoms with Crippen LogP contribution in [0, 0.1) is 5.82 Å². The highest BCUT2D eigenvalue weighted by Crippen LogP contribution is 2.37. The predicted octanol–water partition coefficient (Wildman–Crippen LogP) is 4.76. The number of ether oxygens (including phenoxy) is 1. The minimum Gasteiger partial charge on any atom is -0.482 e. The van der Waals surface area contributed by atoms with Gasteiger partial charge in [0.1, 0.15) is 11.9 Å². The lowest BCUT2D eigenvalue weighted by atomic mass is 10.0. The molecular weight excluding hydrogens is 534 g/mol. The zero-order valence-electron chi connectivity index (χ0n) is 21.0. The van der Waals surface area contributed by atoms with Crippen LogP contribution in [0.25, 0.3) is 0 Å². The smallest absolute Gasteiger partial charge is 0.253 e. The maximum atomic E-state index is 14.0. The molecule has 1 aliphatic heterocycles. The van der Waals surface area contributed by atoms with Crippen LogP contribution in [0.15, 0.2) is 42.5 Å². The summed E-state index contributed by atoms with van der Waals surface area (Å²) in [5.74, 6) is -0.558. The third kappa shape index (κ3) is 5.82. The van der Waals surface area contributed by atoms with E-state index in [-0.39, 0.29) is 44.4 Å². The fourth-order valence-electron chi connectivity index (χ4n) is 4.26. The van der Waals surface area contributed by atoms with Gasteiger partial charge in [-0.05, 0) is 57.2 Å². The van der Waals surface area contributed by atoms with E-state index in [1.807, 2.05) is 13.8 Å². The number of carbonyl (C=O) groups excluding carboxylic acids is 2. The minimum absolute atomic E-state index is 0.0463. The Labute approximate surface area is 229 Å². The van der Waals surface area contributed by atoms with Gasteiger partial charge >= 0.3 is 0 Å². The van der Waals surface area contributed by atoms with E-state index in [1.54, 1.807) is 36.1 Å². The molecule has 9 nitrogen and oxygen atoms in total. The molecule has 4 rings (SSSR count). The topological polar surface area (TPSA) is 114 Å². The van der Waals surface area contributed by atoms with E-state index < -0.39 is 11.9 Å². The zero-order chi connectivity index (χ0) is 27.6. The highest BCUT2D eigenvalue weighted by atomic mass is 35.5. The van der Waals surface area contributed by atoms with Gasteiger partial charge in [-0.15, -0.1) is 10.2 Å². The van der Waals surface area contributed by atoms with Gasteiger partial charge in [0.05, 0.1) is 10.7 Å². The van der Waals surface area contributed by atoms with Gasteiger partial charge in [0.2, 0.25) is 6.41 Å². The van der Waals surface area contributed by atoms with Crippen LogP contribution in [-0.2, 0) is 4.79 Å². The van der Waals surface area contributed by atoms with Gasteiger partial charge in [0, 0.05) is 47.4 Å². The van der Waals surface area contributed by atoms with Gasteiger partial charge in [-0.3, -0.25) is 14.5 Å². The number of nitrogens with two attached hydrogens (primary N) is 1. The number of carbonyl (C=O) groups is 2. The molecule has 0 unspecified atom stereocenters. The maximum Gasteiger partial charge on any atom is 0.253 e. The summed E-state index contributed by atoms with van der Waals surface area (Å²) >= 11 is 12.3. The van der Waals surface area contributed by atoms with Crippen molar-refractivity contribution in [1.29, 1.82) is 0 Å². The summed E-state index contributed by atoms with van der Waals surface area (Å²) in [6.45, 7) is 7.63. The average Bonchev–Trinajstić information content (AvgIpc) is 2.88. The number of amides is 2. The molecule has 0 bridgehead atoms. The van der Waals surface area contributed by atoms with Gasteiger partial charge in [-0.2, -0.15) is 0 Å². The van der Waals surface area contributed by atoms with Crippen LogP contribution < -0.4 is 20.7 Å². The molecule has 2 amide bonds. The highest BCUT2D eigenvalue weighted by molar-refractivity contribution is 6.36. The summed E-state index contributed by atoms with van der Waals surface area (Å²) in [5, 5.41) is 11.3. The number of piperazine rings is 1. The third-order valence-electron chi connectivity index (χ3n) is 6.17. The number of hydrogen-bond donors (Lipinski definition) is 2. The molecule has 0 aliphatic carbocycles. The van der Waals surface area contributed by atoms with Gasteiger partial charge in [-0.25, -0.2) is 4.39 Å². The Morgan fingerprint density at radius 2 is 1.95 bits per heavy atom. The van der Waals surface area contributed by atoms with Gasteiger partial charge in [0.15, 0.2) is 17.4 Å². The largest absolute Gasteiger partial charge is 0.482 e. The molecule has 3 N–H and O–H groups in total. The molecule has 200 valence electrons. The Hall–Kier alpha value is -3.47. The summed E-state index contributed by atoms with van der Waals surface area (Å²) in [6, 6.07) is 10.6. The van der Waals surface area contributed by atoms with E-state index in [1.165, 1.54) is 17.0 Å². The van der Waals surface area contributed by atoms with Crippen LogP contribution >= 0.6 is 23.2 Å². The van der Waals surface area contributed by atoms with Crippen molar-refractivity contribution >= 4 is 52.8 Å². The van der Waals surface area contributed by atoms with E-state index in [0.29, 0.717) is 37.3 Å². The van der Waals surface area contributed by atoms with E-state index in [4.69, 9.17) is 33.7 Å². The second kappa shape index (κ2) is 11.1. The third-order valence-corrected chi connectivity index (χ3v) is 6.88. The van der Waals surface area contributed by atoms with Gasteiger partial charge < -0.3 is 20.7 Å². The van der Waals surface area contributed by atoms with Crippen molar-refractivity contribution in [2.45, 2.75) is 32.4 Å². The van der Waals surface area contributed by atoms with Crippen LogP contribution in [0.5, 0.6) is 5.75 Å². The van der Waals surface area contributed by atoms with Crippen LogP contribution in [0.2, 0.25) is 10.0 Å². The van der Waals surface area contributed by atoms with Crippen LogP contribution in [0.1, 0.15) is 42.8 Å². The SMILES string of the molecule is C[C@@H](Oc1cc(N(C=O)c2ccc(C(=O)N3CCNC(C)(C)C3)cc2)nnc1N)c1c(Cl)ccc(F)c1Cl. The number of nitrogen functional groups attached to an aromatic ring is 1. The lowest BCUT2D eigenvalue weighted by Crippen LogP contribution is -2.58. The van der Waals surface area contributed by atoms with Crippen LogP contribution in [0.3, 0.4) is 0 Å². The molecule has 1 aliphatic rings. The van der Waals surface area contributed by atoms with E-state index in [2.05, 4.69) is 15.5 Å².